The van der Waals surface area contributed by atoms with Gasteiger partial charge in [-0.1, -0.05) is 92.9 Å². The third kappa shape index (κ3) is 3.88. The molecule has 2 nitrogen and oxygen atoms in total. The first kappa shape index (κ1) is 18.7. The van der Waals surface area contributed by atoms with Crippen molar-refractivity contribution in [3.8, 4) is 0 Å². The third-order valence-electron chi connectivity index (χ3n) is 5.05. The second-order valence-electron chi connectivity index (χ2n) is 7.05. The summed E-state index contributed by atoms with van der Waals surface area (Å²) in [7, 11) is 0. The molecule has 2 aromatic rings. The summed E-state index contributed by atoms with van der Waals surface area (Å²) in [5, 5.41) is 3.43. The zero-order valence-corrected chi connectivity index (χ0v) is 17.6. The molecule has 0 bridgehead atoms. The van der Waals surface area contributed by atoms with Gasteiger partial charge in [-0.05, 0) is 29.0 Å². The summed E-state index contributed by atoms with van der Waals surface area (Å²) in [6.45, 7) is 7.89. The van der Waals surface area contributed by atoms with Crippen LogP contribution in [0.5, 0.6) is 0 Å². The van der Waals surface area contributed by atoms with Crippen LogP contribution in [-0.4, -0.2) is 32.9 Å². The Morgan fingerprint density at radius 1 is 1.24 bits per heavy atom. The van der Waals surface area contributed by atoms with Crippen LogP contribution >= 0.6 is 35.7 Å². The van der Waals surface area contributed by atoms with Gasteiger partial charge in [0.25, 0.3) is 0 Å². The summed E-state index contributed by atoms with van der Waals surface area (Å²) in [6.07, 6.45) is 2.05. The highest BCUT2D eigenvalue weighted by molar-refractivity contribution is 8.23. The fourth-order valence-electron chi connectivity index (χ4n) is 2.89. The van der Waals surface area contributed by atoms with Crippen LogP contribution in [0.2, 0.25) is 0 Å². The van der Waals surface area contributed by atoms with E-state index < -0.39 is 0 Å². The zero-order valence-electron chi connectivity index (χ0n) is 15.2. The van der Waals surface area contributed by atoms with E-state index in [0.29, 0.717) is 5.92 Å². The molecule has 1 aliphatic heterocycles. The lowest BCUT2D eigenvalue weighted by Gasteiger charge is -2.43. The van der Waals surface area contributed by atoms with Crippen LogP contribution in [-0.2, 0) is 0 Å². The highest BCUT2D eigenvalue weighted by Gasteiger charge is 2.38. The van der Waals surface area contributed by atoms with Gasteiger partial charge in [0.15, 0.2) is 5.17 Å². The van der Waals surface area contributed by atoms with Crippen molar-refractivity contribution in [3.63, 3.8) is 0 Å². The van der Waals surface area contributed by atoms with Gasteiger partial charge in [0.05, 0.1) is 5.69 Å². The lowest BCUT2D eigenvalue weighted by atomic mass is 9.80. The SMILES string of the molecule is CSC(=S)N1CC(C)(C(C)C)CSC1=Nc1cccc2ccccc12. The summed E-state index contributed by atoms with van der Waals surface area (Å²) in [6, 6.07) is 14.7. The van der Waals surface area contributed by atoms with Crippen molar-refractivity contribution in [1.29, 1.82) is 0 Å². The van der Waals surface area contributed by atoms with E-state index in [1.165, 1.54) is 10.8 Å². The number of amidine groups is 1. The largest absolute Gasteiger partial charge is 0.306 e. The normalized spacial score (nSPS) is 22.8. The Labute approximate surface area is 164 Å². The minimum Gasteiger partial charge on any atom is -0.306 e. The first-order valence-corrected chi connectivity index (χ1v) is 11.1. The van der Waals surface area contributed by atoms with Crippen LogP contribution in [0.3, 0.4) is 0 Å². The molecular weight excluding hydrogens is 364 g/mol. The minimum atomic E-state index is 0.238. The standard InChI is InChI=1S/C20H24N2S3/c1-14(2)20(3)12-22(19(23)24-4)18(25-13-20)21-17-11-7-9-15-8-5-6-10-16(15)17/h5-11,14H,12-13H2,1-4H3. The Morgan fingerprint density at radius 2 is 1.96 bits per heavy atom. The van der Waals surface area contributed by atoms with Gasteiger partial charge in [0, 0.05) is 17.7 Å². The Balaban J connectivity index is 2.02. The van der Waals surface area contributed by atoms with Crippen molar-refractivity contribution in [2.45, 2.75) is 20.8 Å². The summed E-state index contributed by atoms with van der Waals surface area (Å²) in [5.41, 5.74) is 1.25. The minimum absolute atomic E-state index is 0.238. The smallest absolute Gasteiger partial charge is 0.169 e. The molecule has 3 rings (SSSR count). The van der Waals surface area contributed by atoms with Crippen molar-refractivity contribution >= 4 is 61.7 Å². The molecule has 0 aromatic heterocycles. The Hall–Kier alpha value is -1.04. The number of thiocarbonyl (C=S) groups is 1. The molecule has 0 spiro atoms. The molecular formula is C20H24N2S3. The Bertz CT molecular complexity index is 810. The lowest BCUT2D eigenvalue weighted by molar-refractivity contribution is 0.221. The molecule has 1 unspecified atom stereocenters. The quantitative estimate of drug-likeness (QED) is 0.570. The highest BCUT2D eigenvalue weighted by Crippen LogP contribution is 2.40. The Morgan fingerprint density at radius 3 is 2.68 bits per heavy atom. The molecule has 0 amide bonds. The van der Waals surface area contributed by atoms with Crippen molar-refractivity contribution in [3.05, 3.63) is 42.5 Å². The summed E-state index contributed by atoms with van der Waals surface area (Å²) < 4.78 is 0.901. The average Bonchev–Trinajstić information content (AvgIpc) is 2.62. The van der Waals surface area contributed by atoms with Gasteiger partial charge in [0.2, 0.25) is 0 Å². The number of rotatable bonds is 2. The molecule has 0 radical (unpaired) electrons. The summed E-state index contributed by atoms with van der Waals surface area (Å²) in [4.78, 5) is 7.26. The predicted octanol–water partition coefficient (Wildman–Crippen LogP) is 6.19. The van der Waals surface area contributed by atoms with E-state index in [-0.39, 0.29) is 5.41 Å². The Kier molecular flexibility index (Phi) is 5.76. The summed E-state index contributed by atoms with van der Waals surface area (Å²) >= 11 is 9.10. The monoisotopic (exact) mass is 388 g/mol. The van der Waals surface area contributed by atoms with Gasteiger partial charge in [-0.25, -0.2) is 4.99 Å². The van der Waals surface area contributed by atoms with Gasteiger partial charge < -0.3 is 4.90 Å². The van der Waals surface area contributed by atoms with Crippen molar-refractivity contribution in [2.75, 3.05) is 18.6 Å². The lowest BCUT2D eigenvalue weighted by Crippen LogP contribution is -2.49. The highest BCUT2D eigenvalue weighted by atomic mass is 32.2. The van der Waals surface area contributed by atoms with Gasteiger partial charge in [-0.3, -0.25) is 0 Å². The van der Waals surface area contributed by atoms with E-state index in [4.69, 9.17) is 17.2 Å². The summed E-state index contributed by atoms with van der Waals surface area (Å²) in [5.74, 6) is 1.67. The van der Waals surface area contributed by atoms with Crippen LogP contribution in [0.4, 0.5) is 5.69 Å². The van der Waals surface area contributed by atoms with Gasteiger partial charge in [-0.2, -0.15) is 0 Å². The molecule has 25 heavy (non-hydrogen) atoms. The van der Waals surface area contributed by atoms with E-state index in [0.717, 1.165) is 27.5 Å². The molecule has 1 atom stereocenters. The number of thioether (sulfide) groups is 2. The molecule has 2 aromatic carbocycles. The fourth-order valence-corrected chi connectivity index (χ4v) is 4.88. The molecule has 1 heterocycles. The van der Waals surface area contributed by atoms with Crippen LogP contribution in [0.1, 0.15) is 20.8 Å². The van der Waals surface area contributed by atoms with Crippen molar-refractivity contribution in [2.24, 2.45) is 16.3 Å². The van der Waals surface area contributed by atoms with E-state index in [2.05, 4.69) is 68.1 Å². The van der Waals surface area contributed by atoms with Gasteiger partial charge >= 0.3 is 0 Å². The third-order valence-corrected chi connectivity index (χ3v) is 7.72. The van der Waals surface area contributed by atoms with E-state index in [1.54, 1.807) is 11.8 Å². The maximum atomic E-state index is 5.65. The van der Waals surface area contributed by atoms with Crippen LogP contribution in [0, 0.1) is 11.3 Å². The second-order valence-corrected chi connectivity index (χ2v) is 9.43. The molecule has 1 fully saturated rings. The molecule has 1 saturated heterocycles. The van der Waals surface area contributed by atoms with Gasteiger partial charge in [-0.15, -0.1) is 0 Å². The number of hydrogen-bond acceptors (Lipinski definition) is 4. The van der Waals surface area contributed by atoms with Gasteiger partial charge in [0.1, 0.15) is 4.32 Å². The first-order valence-electron chi connectivity index (χ1n) is 8.49. The second kappa shape index (κ2) is 7.68. The topological polar surface area (TPSA) is 15.6 Å². The van der Waals surface area contributed by atoms with Crippen LogP contribution < -0.4 is 0 Å². The number of nitrogens with zero attached hydrogens (tertiary/aromatic N) is 2. The first-order chi connectivity index (χ1) is 11.9. The van der Waals surface area contributed by atoms with Crippen molar-refractivity contribution in [1.82, 2.24) is 4.90 Å². The number of fused-ring (bicyclic) bond motifs is 1. The molecule has 1 aliphatic rings. The van der Waals surface area contributed by atoms with E-state index in [1.807, 2.05) is 18.0 Å². The maximum absolute atomic E-state index is 5.65. The van der Waals surface area contributed by atoms with Crippen LogP contribution in [0.25, 0.3) is 10.8 Å². The number of benzene rings is 2. The van der Waals surface area contributed by atoms with Crippen LogP contribution in [0.15, 0.2) is 47.5 Å². The maximum Gasteiger partial charge on any atom is 0.169 e. The van der Waals surface area contributed by atoms with E-state index in [9.17, 15) is 0 Å². The number of aliphatic imine (C=N–C) groups is 1. The molecule has 132 valence electrons. The molecule has 5 heteroatoms. The predicted molar refractivity (Wildman–Crippen MR) is 119 cm³/mol. The fraction of sp³-hybridized carbons (Fsp3) is 0.400. The average molecular weight is 389 g/mol. The number of hydrogen-bond donors (Lipinski definition) is 0. The molecule has 0 aliphatic carbocycles. The molecule has 0 N–H and O–H groups in total. The molecule has 0 saturated carbocycles. The zero-order chi connectivity index (χ0) is 18.0. The van der Waals surface area contributed by atoms with Crippen molar-refractivity contribution < 1.29 is 0 Å². The van der Waals surface area contributed by atoms with E-state index >= 15 is 0 Å².